The molecule has 3 N–H and O–H groups in total. The number of carbonyl (C=O) groups excluding carboxylic acids is 1. The minimum Gasteiger partial charge on any atom is -0.390 e. The van der Waals surface area contributed by atoms with E-state index in [4.69, 9.17) is 0 Å². The SMILES string of the molecule is CCN1c2cc(C(=O)N[C@@H](Cc3ccccc3)[C@H](O)CNC3CCCCC3)cc3c2c(cn3CC)CCS1(=O)=O. The van der Waals surface area contributed by atoms with Gasteiger partial charge in [0.25, 0.3) is 5.91 Å². The van der Waals surface area contributed by atoms with Crippen molar-refractivity contribution in [3.05, 3.63) is 65.4 Å². The number of aromatic nitrogens is 1. The van der Waals surface area contributed by atoms with Gasteiger partial charge in [0.05, 0.1) is 29.1 Å². The van der Waals surface area contributed by atoms with E-state index in [2.05, 4.69) is 15.2 Å². The molecule has 0 radical (unpaired) electrons. The second kappa shape index (κ2) is 12.3. The fourth-order valence-electron chi connectivity index (χ4n) is 6.27. The molecule has 0 bridgehead atoms. The summed E-state index contributed by atoms with van der Waals surface area (Å²) in [5.41, 5.74) is 3.82. The first kappa shape index (κ1) is 28.6. The number of benzene rings is 2. The van der Waals surface area contributed by atoms with Crippen molar-refractivity contribution in [2.24, 2.45) is 0 Å². The maximum Gasteiger partial charge on any atom is 0.251 e. The van der Waals surface area contributed by atoms with E-state index >= 15 is 0 Å². The summed E-state index contributed by atoms with van der Waals surface area (Å²) >= 11 is 0. The minimum absolute atomic E-state index is 0.0409. The second-order valence-electron chi connectivity index (χ2n) is 11.1. The van der Waals surface area contributed by atoms with Crippen LogP contribution in [0.25, 0.3) is 10.9 Å². The van der Waals surface area contributed by atoms with Crippen LogP contribution in [0.1, 0.15) is 67.4 Å². The summed E-state index contributed by atoms with van der Waals surface area (Å²) in [5, 5.41) is 18.8. The molecule has 3 aromatic rings. The summed E-state index contributed by atoms with van der Waals surface area (Å²) in [6.07, 6.45) is 8.06. The Balaban J connectivity index is 1.45. The number of hydrogen-bond acceptors (Lipinski definition) is 5. The number of anilines is 1. The molecule has 40 heavy (non-hydrogen) atoms. The molecule has 1 aromatic heterocycles. The highest BCUT2D eigenvalue weighted by atomic mass is 32.2. The fourth-order valence-corrected chi connectivity index (χ4v) is 7.81. The number of sulfonamides is 1. The first-order valence-electron chi connectivity index (χ1n) is 14.7. The van der Waals surface area contributed by atoms with Crippen molar-refractivity contribution in [1.82, 2.24) is 15.2 Å². The Hall–Kier alpha value is -2.88. The molecule has 1 saturated carbocycles. The van der Waals surface area contributed by atoms with Gasteiger partial charge in [-0.05, 0) is 62.8 Å². The lowest BCUT2D eigenvalue weighted by Crippen LogP contribution is -2.50. The molecule has 8 nitrogen and oxygen atoms in total. The number of aryl methyl sites for hydroxylation is 2. The van der Waals surface area contributed by atoms with E-state index < -0.39 is 22.2 Å². The predicted molar refractivity (Wildman–Crippen MR) is 160 cm³/mol. The molecule has 2 aromatic carbocycles. The molecular formula is C31H42N4O4S. The molecule has 1 aliphatic carbocycles. The van der Waals surface area contributed by atoms with Crippen molar-refractivity contribution in [3.63, 3.8) is 0 Å². The van der Waals surface area contributed by atoms with Gasteiger partial charge in [0.1, 0.15) is 0 Å². The third-order valence-electron chi connectivity index (χ3n) is 8.46. The summed E-state index contributed by atoms with van der Waals surface area (Å²) in [5.74, 6) is -0.280. The Bertz CT molecular complexity index is 1430. The van der Waals surface area contributed by atoms with Crippen molar-refractivity contribution in [2.45, 2.75) is 83.5 Å². The number of carbonyl (C=O) groups is 1. The van der Waals surface area contributed by atoms with Crippen LogP contribution in [0.4, 0.5) is 5.69 Å². The zero-order chi connectivity index (χ0) is 28.3. The largest absolute Gasteiger partial charge is 0.390 e. The number of aliphatic hydroxyl groups is 1. The van der Waals surface area contributed by atoms with Gasteiger partial charge in [-0.25, -0.2) is 8.42 Å². The van der Waals surface area contributed by atoms with Crippen molar-refractivity contribution in [3.8, 4) is 0 Å². The smallest absolute Gasteiger partial charge is 0.251 e. The normalized spacial score (nSPS) is 18.8. The molecule has 1 amide bonds. The van der Waals surface area contributed by atoms with Crippen molar-refractivity contribution < 1.29 is 18.3 Å². The van der Waals surface area contributed by atoms with E-state index in [1.807, 2.05) is 56.4 Å². The molecule has 2 atom stereocenters. The van der Waals surface area contributed by atoms with Crippen molar-refractivity contribution in [2.75, 3.05) is 23.1 Å². The van der Waals surface area contributed by atoms with E-state index in [-0.39, 0.29) is 11.7 Å². The van der Waals surface area contributed by atoms with Gasteiger partial charge in [-0.15, -0.1) is 0 Å². The van der Waals surface area contributed by atoms with E-state index in [1.54, 1.807) is 6.07 Å². The third-order valence-corrected chi connectivity index (χ3v) is 10.3. The van der Waals surface area contributed by atoms with Crippen LogP contribution in [0.3, 0.4) is 0 Å². The van der Waals surface area contributed by atoms with E-state index in [9.17, 15) is 18.3 Å². The molecule has 1 aliphatic heterocycles. The molecule has 5 rings (SSSR count). The highest BCUT2D eigenvalue weighted by molar-refractivity contribution is 7.92. The number of aliphatic hydroxyl groups excluding tert-OH is 1. The van der Waals surface area contributed by atoms with Crippen LogP contribution in [0.5, 0.6) is 0 Å². The molecule has 0 saturated heterocycles. The van der Waals surface area contributed by atoms with Gasteiger partial charge in [0, 0.05) is 42.8 Å². The fraction of sp³-hybridized carbons (Fsp3) is 0.516. The average molecular weight is 567 g/mol. The molecule has 1 fully saturated rings. The molecular weight excluding hydrogens is 524 g/mol. The monoisotopic (exact) mass is 566 g/mol. The number of nitrogens with one attached hydrogen (secondary N) is 2. The average Bonchev–Trinajstić information content (AvgIpc) is 3.28. The third kappa shape index (κ3) is 6.06. The lowest BCUT2D eigenvalue weighted by molar-refractivity contribution is 0.0821. The van der Waals surface area contributed by atoms with E-state index in [0.29, 0.717) is 49.8 Å². The highest BCUT2D eigenvalue weighted by Crippen LogP contribution is 2.37. The molecule has 2 heterocycles. The topological polar surface area (TPSA) is 104 Å². The zero-order valence-electron chi connectivity index (χ0n) is 23.6. The highest BCUT2D eigenvalue weighted by Gasteiger charge is 2.31. The summed E-state index contributed by atoms with van der Waals surface area (Å²) in [6.45, 7) is 5.27. The van der Waals surface area contributed by atoms with Gasteiger partial charge in [0.2, 0.25) is 10.0 Å². The summed E-state index contributed by atoms with van der Waals surface area (Å²) in [6, 6.07) is 13.3. The summed E-state index contributed by atoms with van der Waals surface area (Å²) < 4.78 is 29.8. The Morgan fingerprint density at radius 3 is 2.52 bits per heavy atom. The van der Waals surface area contributed by atoms with Gasteiger partial charge >= 0.3 is 0 Å². The Labute approximate surface area is 237 Å². The van der Waals surface area contributed by atoms with Crippen molar-refractivity contribution in [1.29, 1.82) is 0 Å². The Kier molecular flexibility index (Phi) is 8.83. The van der Waals surface area contributed by atoms with Crippen molar-refractivity contribution >= 4 is 32.5 Å². The van der Waals surface area contributed by atoms with E-state index in [1.165, 1.54) is 23.6 Å². The number of amides is 1. The minimum atomic E-state index is -3.51. The van der Waals surface area contributed by atoms with Gasteiger partial charge < -0.3 is 20.3 Å². The first-order chi connectivity index (χ1) is 19.3. The first-order valence-corrected chi connectivity index (χ1v) is 16.3. The standard InChI is InChI=1S/C31H42N4O4S/c1-3-34-21-23-15-16-40(38,39)35(4-2)28-19-24(18-27(34)30(23)28)31(37)33-26(17-22-11-7-5-8-12-22)29(36)20-32-25-13-9-6-10-14-25/h5,7-8,11-12,18-19,21,25-26,29,32,36H,3-4,6,9-10,13-17,20H2,1-2H3,(H,33,37)/t26-,29+/m0/s1. The maximum absolute atomic E-state index is 13.8. The second-order valence-corrected chi connectivity index (χ2v) is 13.2. The Morgan fingerprint density at radius 2 is 1.82 bits per heavy atom. The van der Waals surface area contributed by atoms with Crippen LogP contribution in [-0.2, 0) is 29.4 Å². The molecule has 0 unspecified atom stereocenters. The van der Waals surface area contributed by atoms with Crippen LogP contribution in [0.2, 0.25) is 0 Å². The van der Waals surface area contributed by atoms with Crippen LogP contribution in [-0.4, -0.2) is 61.0 Å². The van der Waals surface area contributed by atoms with Gasteiger partial charge in [-0.1, -0.05) is 49.6 Å². The number of rotatable bonds is 10. The molecule has 216 valence electrons. The van der Waals surface area contributed by atoms with E-state index in [0.717, 1.165) is 34.9 Å². The van der Waals surface area contributed by atoms with Crippen LogP contribution in [0.15, 0.2) is 48.7 Å². The lowest BCUT2D eigenvalue weighted by atomic mass is 9.94. The van der Waals surface area contributed by atoms with Gasteiger partial charge in [-0.2, -0.15) is 0 Å². The predicted octanol–water partition coefficient (Wildman–Crippen LogP) is 4.00. The Morgan fingerprint density at radius 1 is 1.07 bits per heavy atom. The van der Waals surface area contributed by atoms with Crippen LogP contribution >= 0.6 is 0 Å². The summed E-state index contributed by atoms with van der Waals surface area (Å²) in [7, 11) is -3.51. The molecule has 0 spiro atoms. The van der Waals surface area contributed by atoms with Crippen LogP contribution in [0, 0.1) is 0 Å². The zero-order valence-corrected chi connectivity index (χ0v) is 24.4. The van der Waals surface area contributed by atoms with Crippen LogP contribution < -0.4 is 14.9 Å². The summed E-state index contributed by atoms with van der Waals surface area (Å²) in [4.78, 5) is 13.8. The quantitative estimate of drug-likeness (QED) is 0.344. The van der Waals surface area contributed by atoms with Gasteiger partial charge in [-0.3, -0.25) is 9.10 Å². The maximum atomic E-state index is 13.8. The lowest BCUT2D eigenvalue weighted by Gasteiger charge is -2.29. The molecule has 2 aliphatic rings. The number of nitrogens with zero attached hydrogens (tertiary/aromatic N) is 2. The number of hydrogen-bond donors (Lipinski definition) is 3. The molecule has 9 heteroatoms. The van der Waals surface area contributed by atoms with Gasteiger partial charge in [0.15, 0.2) is 0 Å².